The average Bonchev–Trinajstić information content (AvgIpc) is 2.35. The summed E-state index contributed by atoms with van der Waals surface area (Å²) in [5.41, 5.74) is 0.944. The van der Waals surface area contributed by atoms with Crippen molar-refractivity contribution in [2.75, 3.05) is 33.3 Å². The van der Waals surface area contributed by atoms with Gasteiger partial charge in [-0.3, -0.25) is 4.90 Å². The molecule has 5 heteroatoms. The predicted molar refractivity (Wildman–Crippen MR) is 64.5 cm³/mol. The summed E-state index contributed by atoms with van der Waals surface area (Å²) in [7, 11) is 1.48. The number of piperazine rings is 1. The van der Waals surface area contributed by atoms with Crippen LogP contribution in [0, 0.1) is 0 Å². The fraction of sp³-hybridized carbons (Fsp3) is 0.500. The van der Waals surface area contributed by atoms with E-state index in [4.69, 9.17) is 4.74 Å². The average molecular weight is 238 g/mol. The number of aromatic hydroxyl groups is 2. The number of phenolic OH excluding ortho intramolecular Hbond substituents is 2. The number of methoxy groups -OCH3 is 1. The zero-order valence-electron chi connectivity index (χ0n) is 9.94. The Morgan fingerprint density at radius 2 is 2.00 bits per heavy atom. The van der Waals surface area contributed by atoms with Crippen LogP contribution in [0.15, 0.2) is 12.1 Å². The Balaban J connectivity index is 2.12. The molecule has 1 saturated heterocycles. The third-order valence-electron chi connectivity index (χ3n) is 2.95. The van der Waals surface area contributed by atoms with Crippen molar-refractivity contribution in [3.8, 4) is 17.2 Å². The van der Waals surface area contributed by atoms with Gasteiger partial charge >= 0.3 is 0 Å². The zero-order chi connectivity index (χ0) is 12.3. The zero-order valence-corrected chi connectivity index (χ0v) is 9.94. The highest BCUT2D eigenvalue weighted by atomic mass is 16.5. The summed E-state index contributed by atoms with van der Waals surface area (Å²) in [6, 6.07) is 3.34. The summed E-state index contributed by atoms with van der Waals surface area (Å²) in [5, 5.41) is 22.4. The number of benzene rings is 1. The van der Waals surface area contributed by atoms with Gasteiger partial charge in [-0.25, -0.2) is 0 Å². The summed E-state index contributed by atoms with van der Waals surface area (Å²) in [4.78, 5) is 2.29. The maximum Gasteiger partial charge on any atom is 0.200 e. The molecule has 1 aromatic rings. The van der Waals surface area contributed by atoms with Gasteiger partial charge in [-0.05, 0) is 17.7 Å². The molecule has 3 N–H and O–H groups in total. The van der Waals surface area contributed by atoms with E-state index in [-0.39, 0.29) is 11.5 Å². The molecular weight excluding hydrogens is 220 g/mol. The molecule has 0 aliphatic carbocycles. The molecule has 0 aromatic heterocycles. The smallest absolute Gasteiger partial charge is 0.200 e. The molecular formula is C12H18N2O3. The van der Waals surface area contributed by atoms with Gasteiger partial charge in [-0.2, -0.15) is 0 Å². The summed E-state index contributed by atoms with van der Waals surface area (Å²) < 4.78 is 5.01. The summed E-state index contributed by atoms with van der Waals surface area (Å²) in [5.74, 6) is -0.0128. The molecule has 1 fully saturated rings. The summed E-state index contributed by atoms with van der Waals surface area (Å²) in [6.07, 6.45) is 0. The maximum absolute atomic E-state index is 9.58. The van der Waals surface area contributed by atoms with Crippen LogP contribution >= 0.6 is 0 Å². The highest BCUT2D eigenvalue weighted by molar-refractivity contribution is 5.51. The first kappa shape index (κ1) is 12.0. The predicted octanol–water partition coefficient (Wildman–Crippen LogP) is 0.512. The lowest BCUT2D eigenvalue weighted by Gasteiger charge is -2.27. The van der Waals surface area contributed by atoms with Crippen LogP contribution in [0.3, 0.4) is 0 Å². The molecule has 1 aromatic carbocycles. The van der Waals surface area contributed by atoms with Crippen LogP contribution < -0.4 is 10.1 Å². The topological polar surface area (TPSA) is 65.0 Å². The van der Waals surface area contributed by atoms with Crippen molar-refractivity contribution < 1.29 is 14.9 Å². The van der Waals surface area contributed by atoms with E-state index in [1.807, 2.05) is 0 Å². The van der Waals surface area contributed by atoms with Crippen molar-refractivity contribution in [2.24, 2.45) is 0 Å². The minimum Gasteiger partial charge on any atom is -0.504 e. The molecule has 0 spiro atoms. The van der Waals surface area contributed by atoms with Gasteiger partial charge in [0.25, 0.3) is 0 Å². The number of ether oxygens (including phenoxy) is 1. The van der Waals surface area contributed by atoms with Crippen molar-refractivity contribution in [1.29, 1.82) is 0 Å². The number of phenols is 2. The summed E-state index contributed by atoms with van der Waals surface area (Å²) >= 11 is 0. The van der Waals surface area contributed by atoms with E-state index in [1.165, 1.54) is 7.11 Å². The second-order valence-corrected chi connectivity index (χ2v) is 4.19. The molecule has 0 bridgehead atoms. The second-order valence-electron chi connectivity index (χ2n) is 4.19. The number of hydrogen-bond acceptors (Lipinski definition) is 5. The van der Waals surface area contributed by atoms with Crippen LogP contribution in [0.5, 0.6) is 17.2 Å². The fourth-order valence-corrected chi connectivity index (χ4v) is 2.02. The largest absolute Gasteiger partial charge is 0.504 e. The standard InChI is InChI=1S/C12H18N2O3/c1-17-11-7-9(6-10(15)12(11)16)8-14-4-2-13-3-5-14/h6-7,13,15-16H,2-5,8H2,1H3. The van der Waals surface area contributed by atoms with Gasteiger partial charge in [0.05, 0.1) is 7.11 Å². The number of nitrogens with zero attached hydrogens (tertiary/aromatic N) is 1. The van der Waals surface area contributed by atoms with Crippen molar-refractivity contribution in [2.45, 2.75) is 6.54 Å². The lowest BCUT2D eigenvalue weighted by molar-refractivity contribution is 0.232. The van der Waals surface area contributed by atoms with Crippen LogP contribution in [0.1, 0.15) is 5.56 Å². The van der Waals surface area contributed by atoms with E-state index in [2.05, 4.69) is 10.2 Å². The van der Waals surface area contributed by atoms with Crippen LogP contribution in [-0.2, 0) is 6.54 Å². The normalized spacial score (nSPS) is 17.0. The molecule has 2 rings (SSSR count). The third-order valence-corrected chi connectivity index (χ3v) is 2.95. The maximum atomic E-state index is 9.58. The van der Waals surface area contributed by atoms with Crippen LogP contribution in [0.4, 0.5) is 0 Å². The third kappa shape index (κ3) is 2.81. The SMILES string of the molecule is COc1cc(CN2CCNCC2)cc(O)c1O. The van der Waals surface area contributed by atoms with Crippen molar-refractivity contribution >= 4 is 0 Å². The molecule has 1 heterocycles. The molecule has 1 aliphatic rings. The Kier molecular flexibility index (Phi) is 3.71. The molecule has 5 nitrogen and oxygen atoms in total. The molecule has 0 saturated carbocycles. The Labute approximate surface area is 101 Å². The first-order valence-electron chi connectivity index (χ1n) is 5.72. The van der Waals surface area contributed by atoms with E-state index >= 15 is 0 Å². The highest BCUT2D eigenvalue weighted by Crippen LogP contribution is 2.36. The highest BCUT2D eigenvalue weighted by Gasteiger charge is 2.14. The Morgan fingerprint density at radius 1 is 1.29 bits per heavy atom. The van der Waals surface area contributed by atoms with Gasteiger partial charge in [-0.1, -0.05) is 0 Å². The number of nitrogens with one attached hydrogen (secondary N) is 1. The minimum absolute atomic E-state index is 0.130. The van der Waals surface area contributed by atoms with Gasteiger partial charge in [0.15, 0.2) is 11.5 Å². The fourth-order valence-electron chi connectivity index (χ4n) is 2.02. The van der Waals surface area contributed by atoms with Crippen molar-refractivity contribution in [3.63, 3.8) is 0 Å². The van der Waals surface area contributed by atoms with Crippen LogP contribution in [0.25, 0.3) is 0 Å². The molecule has 1 aliphatic heterocycles. The van der Waals surface area contributed by atoms with Crippen molar-refractivity contribution in [3.05, 3.63) is 17.7 Å². The molecule has 0 radical (unpaired) electrons. The number of rotatable bonds is 3. The molecule has 0 unspecified atom stereocenters. The monoisotopic (exact) mass is 238 g/mol. The number of hydrogen-bond donors (Lipinski definition) is 3. The molecule has 17 heavy (non-hydrogen) atoms. The van der Waals surface area contributed by atoms with E-state index in [0.29, 0.717) is 5.75 Å². The van der Waals surface area contributed by atoms with Crippen molar-refractivity contribution in [1.82, 2.24) is 10.2 Å². The molecule has 0 atom stereocenters. The van der Waals surface area contributed by atoms with Gasteiger partial charge in [-0.15, -0.1) is 0 Å². The van der Waals surface area contributed by atoms with Gasteiger partial charge in [0.2, 0.25) is 5.75 Å². The van der Waals surface area contributed by atoms with E-state index in [1.54, 1.807) is 12.1 Å². The van der Waals surface area contributed by atoms with Crippen LogP contribution in [0.2, 0.25) is 0 Å². The molecule has 94 valence electrons. The van der Waals surface area contributed by atoms with Gasteiger partial charge < -0.3 is 20.3 Å². The minimum atomic E-state index is -0.198. The lowest BCUT2D eigenvalue weighted by atomic mass is 10.1. The first-order valence-corrected chi connectivity index (χ1v) is 5.72. The Hall–Kier alpha value is -1.46. The van der Waals surface area contributed by atoms with E-state index < -0.39 is 0 Å². The van der Waals surface area contributed by atoms with Gasteiger partial charge in [0, 0.05) is 32.7 Å². The lowest BCUT2D eigenvalue weighted by Crippen LogP contribution is -2.42. The first-order chi connectivity index (χ1) is 8.20. The van der Waals surface area contributed by atoms with E-state index in [0.717, 1.165) is 38.3 Å². The molecule has 0 amide bonds. The quantitative estimate of drug-likeness (QED) is 0.670. The van der Waals surface area contributed by atoms with Gasteiger partial charge in [0.1, 0.15) is 0 Å². The second kappa shape index (κ2) is 5.25. The summed E-state index contributed by atoms with van der Waals surface area (Å²) in [6.45, 7) is 4.71. The Bertz CT molecular complexity index is 390. The van der Waals surface area contributed by atoms with E-state index in [9.17, 15) is 10.2 Å². The van der Waals surface area contributed by atoms with Crippen LogP contribution in [-0.4, -0.2) is 48.4 Å². The Morgan fingerprint density at radius 3 is 2.65 bits per heavy atom.